The molecule has 0 N–H and O–H groups in total. The van der Waals surface area contributed by atoms with Gasteiger partial charge >= 0.3 is 0 Å². The van der Waals surface area contributed by atoms with Crippen molar-refractivity contribution in [2.45, 2.75) is 27.2 Å². The molecule has 0 spiro atoms. The predicted octanol–water partition coefficient (Wildman–Crippen LogP) is 2.64. The Morgan fingerprint density at radius 3 is 2.33 bits per heavy atom. The van der Waals surface area contributed by atoms with Crippen LogP contribution in [0.1, 0.15) is 27.2 Å². The average Bonchev–Trinajstić information content (AvgIpc) is 1.63. The Kier molecular flexibility index (Phi) is 3.72. The van der Waals surface area contributed by atoms with Crippen molar-refractivity contribution in [2.75, 3.05) is 5.75 Å². The van der Waals surface area contributed by atoms with Crippen LogP contribution >= 0.6 is 11.8 Å². The van der Waals surface area contributed by atoms with E-state index in [9.17, 15) is 0 Å². The highest BCUT2D eigenvalue weighted by atomic mass is 32.2. The van der Waals surface area contributed by atoms with E-state index in [1.54, 1.807) is 0 Å². The number of rotatable bonds is 2. The molecule has 52 valence electrons. The van der Waals surface area contributed by atoms with Gasteiger partial charge in [0.15, 0.2) is 0 Å². The van der Waals surface area contributed by atoms with Gasteiger partial charge in [-0.05, 0) is 23.6 Å². The van der Waals surface area contributed by atoms with Crippen LogP contribution in [0.4, 0.5) is 0 Å². The molecule has 0 fully saturated rings. The number of thioether (sulfide) groups is 1. The van der Waals surface area contributed by atoms with Gasteiger partial charge in [0.05, 0.1) is 0 Å². The highest BCUT2D eigenvalue weighted by Gasteiger charge is 2.08. The van der Waals surface area contributed by atoms with Crippen molar-refractivity contribution in [1.82, 2.24) is 0 Å². The van der Waals surface area contributed by atoms with Crippen LogP contribution in [0, 0.1) is 16.1 Å². The highest BCUT2D eigenvalue weighted by molar-refractivity contribution is 8.03. The summed E-state index contributed by atoms with van der Waals surface area (Å²) in [5.74, 6) is 0.958. The fraction of sp³-hybridized carbons (Fsp3) is 0.857. The second-order valence-corrected chi connectivity index (χ2v) is 4.13. The van der Waals surface area contributed by atoms with Crippen molar-refractivity contribution in [3.63, 3.8) is 0 Å². The number of nitrogens with zero attached hydrogens (tertiary/aromatic N) is 1. The molecule has 9 heavy (non-hydrogen) atoms. The average molecular weight is 143 g/mol. The summed E-state index contributed by atoms with van der Waals surface area (Å²) in [6.07, 6.45) is 1.12. The normalized spacial score (nSPS) is 10.9. The van der Waals surface area contributed by atoms with Crippen LogP contribution in [0.5, 0.6) is 0 Å². The molecular formula is C7H13NS. The SMILES string of the molecule is CC(C)(C)CCSC#N. The largest absolute Gasteiger partial charge is 0.185 e. The van der Waals surface area contributed by atoms with Crippen LogP contribution in [0.15, 0.2) is 0 Å². The van der Waals surface area contributed by atoms with E-state index in [1.807, 2.05) is 0 Å². The summed E-state index contributed by atoms with van der Waals surface area (Å²) < 4.78 is 0. The van der Waals surface area contributed by atoms with Crippen molar-refractivity contribution in [1.29, 1.82) is 5.26 Å². The number of thiocyanates is 1. The fourth-order valence-electron chi connectivity index (χ4n) is 0.403. The maximum Gasteiger partial charge on any atom is 0.133 e. The van der Waals surface area contributed by atoms with E-state index in [0.717, 1.165) is 12.2 Å². The summed E-state index contributed by atoms with van der Waals surface area (Å²) in [5.41, 5.74) is 0.379. The summed E-state index contributed by atoms with van der Waals surface area (Å²) >= 11 is 1.34. The maximum absolute atomic E-state index is 8.18. The van der Waals surface area contributed by atoms with Crippen molar-refractivity contribution >= 4 is 11.8 Å². The van der Waals surface area contributed by atoms with Crippen LogP contribution in [0.25, 0.3) is 0 Å². The van der Waals surface area contributed by atoms with Crippen molar-refractivity contribution in [3.8, 4) is 5.40 Å². The lowest BCUT2D eigenvalue weighted by Gasteiger charge is -2.15. The maximum atomic E-state index is 8.18. The summed E-state index contributed by atoms with van der Waals surface area (Å²) in [7, 11) is 0. The minimum Gasteiger partial charge on any atom is -0.185 e. The molecule has 0 radical (unpaired) electrons. The predicted molar refractivity (Wildman–Crippen MR) is 42.1 cm³/mol. The standard InChI is InChI=1S/C7H13NS/c1-7(2,3)4-5-9-6-8/h4-5H2,1-3H3. The van der Waals surface area contributed by atoms with Crippen molar-refractivity contribution in [3.05, 3.63) is 0 Å². The third-order valence-corrected chi connectivity index (χ3v) is 1.56. The highest BCUT2D eigenvalue weighted by Crippen LogP contribution is 2.20. The van der Waals surface area contributed by atoms with E-state index < -0.39 is 0 Å². The molecule has 0 aromatic carbocycles. The Hall–Kier alpha value is -0.160. The first kappa shape index (κ1) is 8.84. The fourth-order valence-corrected chi connectivity index (χ4v) is 1.21. The van der Waals surface area contributed by atoms with Gasteiger partial charge in [0, 0.05) is 5.75 Å². The van der Waals surface area contributed by atoms with Crippen LogP contribution in [0.3, 0.4) is 0 Å². The van der Waals surface area contributed by atoms with Crippen molar-refractivity contribution in [2.24, 2.45) is 5.41 Å². The Labute approximate surface area is 61.4 Å². The Morgan fingerprint density at radius 2 is 2.00 bits per heavy atom. The summed E-state index contributed by atoms with van der Waals surface area (Å²) in [5, 5.41) is 10.2. The van der Waals surface area contributed by atoms with Gasteiger partial charge in [-0.15, -0.1) is 0 Å². The lowest BCUT2D eigenvalue weighted by atomic mass is 9.94. The molecule has 0 rings (SSSR count). The lowest BCUT2D eigenvalue weighted by Crippen LogP contribution is -2.05. The molecule has 0 unspecified atom stereocenters. The summed E-state index contributed by atoms with van der Waals surface area (Å²) in [6.45, 7) is 6.56. The van der Waals surface area contributed by atoms with Gasteiger partial charge in [-0.3, -0.25) is 0 Å². The molecule has 0 saturated heterocycles. The van der Waals surface area contributed by atoms with Gasteiger partial charge in [0.2, 0.25) is 0 Å². The van der Waals surface area contributed by atoms with Gasteiger partial charge in [-0.2, -0.15) is 5.26 Å². The second kappa shape index (κ2) is 3.79. The van der Waals surface area contributed by atoms with Gasteiger partial charge in [0.1, 0.15) is 5.40 Å². The van der Waals surface area contributed by atoms with E-state index in [1.165, 1.54) is 11.8 Å². The first-order valence-corrected chi connectivity index (χ1v) is 4.06. The first-order chi connectivity index (χ1) is 4.06. The van der Waals surface area contributed by atoms with E-state index in [2.05, 4.69) is 26.2 Å². The van der Waals surface area contributed by atoms with Crippen LogP contribution < -0.4 is 0 Å². The number of nitriles is 1. The zero-order chi connectivity index (χ0) is 7.33. The Balaban J connectivity index is 3.20. The van der Waals surface area contributed by atoms with Crippen LogP contribution in [-0.4, -0.2) is 5.75 Å². The number of hydrogen-bond donors (Lipinski definition) is 0. The van der Waals surface area contributed by atoms with E-state index in [-0.39, 0.29) is 0 Å². The summed E-state index contributed by atoms with van der Waals surface area (Å²) in [4.78, 5) is 0. The molecule has 0 aliphatic heterocycles. The topological polar surface area (TPSA) is 23.8 Å². The Morgan fingerprint density at radius 1 is 1.44 bits per heavy atom. The number of hydrogen-bond acceptors (Lipinski definition) is 2. The van der Waals surface area contributed by atoms with Crippen LogP contribution in [-0.2, 0) is 0 Å². The monoisotopic (exact) mass is 143 g/mol. The minimum absolute atomic E-state index is 0.379. The van der Waals surface area contributed by atoms with Gasteiger partial charge in [0.25, 0.3) is 0 Å². The van der Waals surface area contributed by atoms with Gasteiger partial charge < -0.3 is 0 Å². The molecule has 0 aliphatic carbocycles. The molecule has 0 aliphatic rings. The smallest absolute Gasteiger partial charge is 0.133 e. The van der Waals surface area contributed by atoms with Crippen LogP contribution in [0.2, 0.25) is 0 Å². The van der Waals surface area contributed by atoms with E-state index in [4.69, 9.17) is 5.26 Å². The van der Waals surface area contributed by atoms with Crippen molar-refractivity contribution < 1.29 is 0 Å². The summed E-state index contributed by atoms with van der Waals surface area (Å²) in [6, 6.07) is 0. The molecular weight excluding hydrogens is 130 g/mol. The molecule has 0 aromatic heterocycles. The zero-order valence-corrected chi connectivity index (χ0v) is 7.09. The molecule has 0 atom stereocenters. The molecule has 0 bridgehead atoms. The van der Waals surface area contributed by atoms with Gasteiger partial charge in [-0.1, -0.05) is 20.8 Å². The quantitative estimate of drug-likeness (QED) is 0.438. The first-order valence-electron chi connectivity index (χ1n) is 3.07. The zero-order valence-electron chi connectivity index (χ0n) is 6.27. The third kappa shape index (κ3) is 7.84. The van der Waals surface area contributed by atoms with E-state index >= 15 is 0 Å². The molecule has 0 aromatic rings. The second-order valence-electron chi connectivity index (χ2n) is 3.25. The molecule has 0 heterocycles. The lowest BCUT2D eigenvalue weighted by molar-refractivity contribution is 0.402. The third-order valence-electron chi connectivity index (χ3n) is 1.02. The molecule has 1 nitrogen and oxygen atoms in total. The van der Waals surface area contributed by atoms with Gasteiger partial charge in [-0.25, -0.2) is 0 Å². The van der Waals surface area contributed by atoms with E-state index in [0.29, 0.717) is 5.41 Å². The molecule has 0 saturated carbocycles. The molecule has 0 amide bonds. The molecule has 2 heteroatoms. The Bertz CT molecular complexity index is 107. The minimum atomic E-state index is 0.379.